The average molecular weight is 466 g/mol. The number of hydrogen-bond donors (Lipinski definition) is 1. The predicted molar refractivity (Wildman–Crippen MR) is 127 cm³/mol. The molecule has 2 atom stereocenters. The number of benzene rings is 1. The number of hydrogen-bond acceptors (Lipinski definition) is 3. The lowest BCUT2D eigenvalue weighted by Crippen LogP contribution is -2.50. The third-order valence-corrected chi connectivity index (χ3v) is 7.31. The molecule has 1 aromatic carbocycles. The summed E-state index contributed by atoms with van der Waals surface area (Å²) < 4.78 is 38.3. The summed E-state index contributed by atoms with van der Waals surface area (Å²) in [5.74, 6) is 0.516. The van der Waals surface area contributed by atoms with Crippen molar-refractivity contribution in [1.82, 2.24) is 15.1 Å². The number of carbonyl (C=O) groups is 1. The van der Waals surface area contributed by atoms with Gasteiger partial charge in [-0.05, 0) is 88.5 Å². The van der Waals surface area contributed by atoms with Crippen LogP contribution in [0.5, 0.6) is 0 Å². The maximum Gasteiger partial charge on any atom is 0.416 e. The number of rotatable bonds is 8. The van der Waals surface area contributed by atoms with Gasteiger partial charge in [0.2, 0.25) is 5.91 Å². The van der Waals surface area contributed by atoms with Crippen molar-refractivity contribution in [2.45, 2.75) is 70.1 Å². The van der Waals surface area contributed by atoms with Crippen LogP contribution in [0.2, 0.25) is 0 Å². The van der Waals surface area contributed by atoms with Crippen LogP contribution in [0.1, 0.15) is 63.0 Å². The molecule has 2 aliphatic rings. The van der Waals surface area contributed by atoms with Gasteiger partial charge < -0.3 is 15.1 Å². The molecule has 0 radical (unpaired) electrons. The van der Waals surface area contributed by atoms with E-state index in [2.05, 4.69) is 29.1 Å². The summed E-state index contributed by atoms with van der Waals surface area (Å²) in [5, 5.41) is 2.83. The van der Waals surface area contributed by atoms with Crippen molar-refractivity contribution in [2.24, 2.45) is 5.92 Å². The Hall–Kier alpha value is -1.86. The highest BCUT2D eigenvalue weighted by Gasteiger charge is 2.31. The zero-order valence-electron chi connectivity index (χ0n) is 19.9. The van der Waals surface area contributed by atoms with Crippen LogP contribution in [-0.4, -0.2) is 61.0 Å². The Morgan fingerprint density at radius 2 is 1.91 bits per heavy atom. The molecule has 1 saturated carbocycles. The number of piperidine rings is 1. The fourth-order valence-corrected chi connectivity index (χ4v) is 5.29. The molecule has 0 spiro atoms. The average Bonchev–Trinajstić information content (AvgIpc) is 2.80. The van der Waals surface area contributed by atoms with Crippen molar-refractivity contribution in [3.8, 4) is 0 Å². The van der Waals surface area contributed by atoms with Crippen LogP contribution in [0.15, 0.2) is 30.3 Å². The molecule has 0 unspecified atom stereocenters. The molecule has 1 heterocycles. The Balaban J connectivity index is 1.32. The van der Waals surface area contributed by atoms with Crippen LogP contribution < -0.4 is 5.32 Å². The van der Waals surface area contributed by atoms with Crippen LogP contribution in [0.4, 0.5) is 13.2 Å². The van der Waals surface area contributed by atoms with Crippen molar-refractivity contribution in [3.63, 3.8) is 0 Å². The molecule has 1 N–H and O–H groups in total. The van der Waals surface area contributed by atoms with E-state index in [9.17, 15) is 18.0 Å². The molecule has 1 amide bonds. The van der Waals surface area contributed by atoms with Crippen molar-refractivity contribution in [2.75, 3.05) is 33.2 Å². The molecule has 3 rings (SSSR count). The number of alkyl halides is 3. The Labute approximate surface area is 196 Å². The van der Waals surface area contributed by atoms with E-state index < -0.39 is 11.7 Å². The quantitative estimate of drug-likeness (QED) is 0.423. The maximum atomic E-state index is 12.8. The standard InChI is InChI=1S/C26H38F3N3O/c1-20-7-3-4-10-24(20)31(2)23-13-17-32(18-14-23)16-6-15-30-25(33)12-11-21-8-5-9-22(19-21)26(27,28)29/h5,8-9,11-12,19-20,23-24H,3-4,6-7,10,13-18H2,1-2H3,(H,30,33)/b12-11+/t20-,24-/m1/s1. The first-order chi connectivity index (χ1) is 15.7. The van der Waals surface area contributed by atoms with E-state index in [1.165, 1.54) is 56.7 Å². The molecule has 0 bridgehead atoms. The Morgan fingerprint density at radius 1 is 1.18 bits per heavy atom. The van der Waals surface area contributed by atoms with Gasteiger partial charge in [0.1, 0.15) is 0 Å². The number of amides is 1. The molecule has 0 aromatic heterocycles. The van der Waals surface area contributed by atoms with Crippen molar-refractivity contribution < 1.29 is 18.0 Å². The molecule has 7 heteroatoms. The molecule has 1 aliphatic heterocycles. The fraction of sp³-hybridized carbons (Fsp3) is 0.654. The number of likely N-dealkylation sites (tertiary alicyclic amines) is 1. The molecule has 184 valence electrons. The topological polar surface area (TPSA) is 35.6 Å². The summed E-state index contributed by atoms with van der Waals surface area (Å²) in [6, 6.07) is 6.36. The highest BCUT2D eigenvalue weighted by Crippen LogP contribution is 2.31. The number of nitrogens with one attached hydrogen (secondary N) is 1. The second-order valence-electron chi connectivity index (χ2n) is 9.67. The summed E-state index contributed by atoms with van der Waals surface area (Å²) in [7, 11) is 2.31. The van der Waals surface area contributed by atoms with Crippen LogP contribution in [0, 0.1) is 5.92 Å². The highest BCUT2D eigenvalue weighted by molar-refractivity contribution is 5.91. The Bertz CT molecular complexity index is 787. The van der Waals surface area contributed by atoms with Gasteiger partial charge in [-0.25, -0.2) is 0 Å². The van der Waals surface area contributed by atoms with Gasteiger partial charge in [-0.15, -0.1) is 0 Å². The zero-order chi connectivity index (χ0) is 23.8. The fourth-order valence-electron chi connectivity index (χ4n) is 5.29. The predicted octanol–water partition coefficient (Wildman–Crippen LogP) is 5.20. The van der Waals surface area contributed by atoms with E-state index in [4.69, 9.17) is 0 Å². The minimum absolute atomic E-state index is 0.283. The van der Waals surface area contributed by atoms with E-state index in [1.807, 2.05) is 0 Å². The lowest BCUT2D eigenvalue weighted by molar-refractivity contribution is -0.137. The molecule has 1 aliphatic carbocycles. The van der Waals surface area contributed by atoms with E-state index in [0.29, 0.717) is 18.2 Å². The minimum atomic E-state index is -4.38. The molecule has 2 fully saturated rings. The first-order valence-corrected chi connectivity index (χ1v) is 12.3. The van der Waals surface area contributed by atoms with Crippen molar-refractivity contribution >= 4 is 12.0 Å². The summed E-state index contributed by atoms with van der Waals surface area (Å²) in [5.41, 5.74) is -0.358. The lowest BCUT2D eigenvalue weighted by atomic mass is 9.84. The third-order valence-electron chi connectivity index (χ3n) is 7.31. The molecular weight excluding hydrogens is 427 g/mol. The summed E-state index contributed by atoms with van der Waals surface area (Å²) in [6.45, 7) is 6.11. The van der Waals surface area contributed by atoms with Gasteiger partial charge in [-0.3, -0.25) is 4.79 Å². The summed E-state index contributed by atoms with van der Waals surface area (Å²) in [4.78, 5) is 17.1. The van der Waals surface area contributed by atoms with Crippen LogP contribution in [0.25, 0.3) is 6.08 Å². The van der Waals surface area contributed by atoms with Crippen LogP contribution in [-0.2, 0) is 11.0 Å². The van der Waals surface area contributed by atoms with E-state index in [-0.39, 0.29) is 5.91 Å². The van der Waals surface area contributed by atoms with Crippen LogP contribution >= 0.6 is 0 Å². The van der Waals surface area contributed by atoms with E-state index >= 15 is 0 Å². The van der Waals surface area contributed by atoms with Gasteiger partial charge in [0.25, 0.3) is 0 Å². The van der Waals surface area contributed by atoms with Gasteiger partial charge in [-0.2, -0.15) is 13.2 Å². The second kappa shape index (κ2) is 12.0. The summed E-state index contributed by atoms with van der Waals surface area (Å²) >= 11 is 0. The molecular formula is C26H38F3N3O. The van der Waals surface area contributed by atoms with Gasteiger partial charge in [0.05, 0.1) is 5.56 Å². The highest BCUT2D eigenvalue weighted by atomic mass is 19.4. The number of nitrogens with zero attached hydrogens (tertiary/aromatic N) is 2. The smallest absolute Gasteiger partial charge is 0.353 e. The molecule has 1 aromatic rings. The molecule has 1 saturated heterocycles. The van der Waals surface area contributed by atoms with E-state index in [0.717, 1.165) is 50.1 Å². The van der Waals surface area contributed by atoms with Crippen molar-refractivity contribution in [1.29, 1.82) is 0 Å². The Kier molecular flexibility index (Phi) is 9.38. The first kappa shape index (κ1) is 25.8. The third kappa shape index (κ3) is 7.85. The maximum absolute atomic E-state index is 12.8. The SMILES string of the molecule is C[C@@H]1CCCC[C@H]1N(C)C1CCN(CCCNC(=O)/C=C/c2cccc(C(F)(F)F)c2)CC1. The normalized spacial score (nSPS) is 23.3. The van der Waals surface area contributed by atoms with Gasteiger partial charge in [0.15, 0.2) is 0 Å². The van der Waals surface area contributed by atoms with Gasteiger partial charge in [-0.1, -0.05) is 31.9 Å². The summed E-state index contributed by atoms with van der Waals surface area (Å²) in [6.07, 6.45) is 7.02. The van der Waals surface area contributed by atoms with Crippen LogP contribution in [0.3, 0.4) is 0 Å². The molecule has 33 heavy (non-hydrogen) atoms. The zero-order valence-corrected chi connectivity index (χ0v) is 19.9. The minimum Gasteiger partial charge on any atom is -0.353 e. The van der Waals surface area contributed by atoms with Crippen molar-refractivity contribution in [3.05, 3.63) is 41.5 Å². The lowest BCUT2D eigenvalue weighted by Gasteiger charge is -2.44. The van der Waals surface area contributed by atoms with E-state index in [1.54, 1.807) is 6.07 Å². The largest absolute Gasteiger partial charge is 0.416 e. The number of carbonyl (C=O) groups excluding carboxylic acids is 1. The monoisotopic (exact) mass is 465 g/mol. The first-order valence-electron chi connectivity index (χ1n) is 12.3. The number of halogens is 3. The van der Waals surface area contributed by atoms with Gasteiger partial charge in [0, 0.05) is 24.7 Å². The Morgan fingerprint density at radius 3 is 2.61 bits per heavy atom. The second-order valence-corrected chi connectivity index (χ2v) is 9.67. The molecule has 4 nitrogen and oxygen atoms in total. The van der Waals surface area contributed by atoms with Gasteiger partial charge >= 0.3 is 6.18 Å².